The standard InChI is InChI=1S/C13H23NO2S/c1-3-7-15-8-9-16-11-13-6-5-12(17-13)10-14-4-2/h5-6,14H,3-4,7-11H2,1-2H3. The minimum atomic E-state index is 0.681. The van der Waals surface area contributed by atoms with Gasteiger partial charge in [-0.1, -0.05) is 13.8 Å². The van der Waals surface area contributed by atoms with Crippen molar-refractivity contribution in [3.63, 3.8) is 0 Å². The first-order valence-electron chi connectivity index (χ1n) is 6.30. The van der Waals surface area contributed by atoms with Crippen LogP contribution < -0.4 is 5.32 Å². The van der Waals surface area contributed by atoms with Gasteiger partial charge in [0.15, 0.2) is 0 Å². The van der Waals surface area contributed by atoms with Crippen LogP contribution in [0.3, 0.4) is 0 Å². The predicted octanol–water partition coefficient (Wildman–Crippen LogP) is 2.80. The maximum absolute atomic E-state index is 5.55. The number of ether oxygens (including phenoxy) is 2. The molecule has 0 aliphatic heterocycles. The lowest BCUT2D eigenvalue weighted by Gasteiger charge is -2.03. The highest BCUT2D eigenvalue weighted by Crippen LogP contribution is 2.17. The molecule has 3 nitrogen and oxygen atoms in total. The van der Waals surface area contributed by atoms with Gasteiger partial charge in [-0.2, -0.15) is 0 Å². The van der Waals surface area contributed by atoms with Crippen molar-refractivity contribution >= 4 is 11.3 Å². The molecule has 0 saturated heterocycles. The molecule has 0 unspecified atom stereocenters. The van der Waals surface area contributed by atoms with Gasteiger partial charge >= 0.3 is 0 Å². The second-order valence-electron chi connectivity index (χ2n) is 3.81. The third-order valence-electron chi connectivity index (χ3n) is 2.23. The third-order valence-corrected chi connectivity index (χ3v) is 3.29. The molecule has 98 valence electrons. The molecule has 1 N–H and O–H groups in total. The van der Waals surface area contributed by atoms with Crippen LogP contribution >= 0.6 is 11.3 Å². The van der Waals surface area contributed by atoms with E-state index in [0.717, 1.165) is 26.1 Å². The van der Waals surface area contributed by atoms with E-state index in [1.807, 2.05) is 11.3 Å². The quantitative estimate of drug-likeness (QED) is 0.654. The van der Waals surface area contributed by atoms with Crippen LogP contribution in [0.2, 0.25) is 0 Å². The van der Waals surface area contributed by atoms with E-state index in [0.29, 0.717) is 19.8 Å². The van der Waals surface area contributed by atoms with Crippen molar-refractivity contribution < 1.29 is 9.47 Å². The Morgan fingerprint density at radius 2 is 1.82 bits per heavy atom. The Morgan fingerprint density at radius 3 is 2.59 bits per heavy atom. The van der Waals surface area contributed by atoms with Gasteiger partial charge < -0.3 is 14.8 Å². The molecule has 0 aliphatic carbocycles. The summed E-state index contributed by atoms with van der Waals surface area (Å²) in [6.45, 7) is 9.11. The van der Waals surface area contributed by atoms with Gasteiger partial charge in [-0.3, -0.25) is 0 Å². The van der Waals surface area contributed by atoms with Crippen LogP contribution in [-0.2, 0) is 22.6 Å². The first kappa shape index (κ1) is 14.6. The molecular weight excluding hydrogens is 234 g/mol. The normalized spacial score (nSPS) is 10.9. The zero-order valence-electron chi connectivity index (χ0n) is 10.8. The van der Waals surface area contributed by atoms with Crippen LogP contribution in [-0.4, -0.2) is 26.4 Å². The molecule has 1 aromatic heterocycles. The Balaban J connectivity index is 2.08. The van der Waals surface area contributed by atoms with Crippen molar-refractivity contribution in [1.82, 2.24) is 5.32 Å². The lowest BCUT2D eigenvalue weighted by molar-refractivity contribution is 0.0417. The molecule has 4 heteroatoms. The van der Waals surface area contributed by atoms with Gasteiger partial charge in [0, 0.05) is 22.9 Å². The molecule has 1 rings (SSSR count). The highest BCUT2D eigenvalue weighted by Gasteiger charge is 1.99. The van der Waals surface area contributed by atoms with Gasteiger partial charge in [0.25, 0.3) is 0 Å². The number of hydrogen-bond acceptors (Lipinski definition) is 4. The van der Waals surface area contributed by atoms with Crippen LogP contribution in [0.4, 0.5) is 0 Å². The van der Waals surface area contributed by atoms with Crippen LogP contribution in [0.15, 0.2) is 12.1 Å². The Kier molecular flexibility index (Phi) is 8.26. The molecule has 0 radical (unpaired) electrons. The summed E-state index contributed by atoms with van der Waals surface area (Å²) in [5.41, 5.74) is 0. The average molecular weight is 257 g/mol. The first-order valence-corrected chi connectivity index (χ1v) is 7.12. The summed E-state index contributed by atoms with van der Waals surface area (Å²) in [5, 5.41) is 3.32. The SMILES string of the molecule is CCCOCCOCc1ccc(CNCC)s1. The summed E-state index contributed by atoms with van der Waals surface area (Å²) in [6, 6.07) is 4.31. The van der Waals surface area contributed by atoms with Crippen LogP contribution in [0, 0.1) is 0 Å². The van der Waals surface area contributed by atoms with E-state index in [4.69, 9.17) is 9.47 Å². The molecule has 0 spiro atoms. The van der Waals surface area contributed by atoms with Crippen molar-refractivity contribution in [2.75, 3.05) is 26.4 Å². The molecule has 0 saturated carbocycles. The van der Waals surface area contributed by atoms with E-state index in [1.165, 1.54) is 9.75 Å². The Bertz CT molecular complexity index is 289. The van der Waals surface area contributed by atoms with E-state index in [2.05, 4.69) is 31.3 Å². The Morgan fingerprint density at radius 1 is 1.06 bits per heavy atom. The number of thiophene rings is 1. The highest BCUT2D eigenvalue weighted by molar-refractivity contribution is 7.11. The van der Waals surface area contributed by atoms with Crippen LogP contribution in [0.5, 0.6) is 0 Å². The highest BCUT2D eigenvalue weighted by atomic mass is 32.1. The summed E-state index contributed by atoms with van der Waals surface area (Å²) < 4.78 is 10.9. The van der Waals surface area contributed by atoms with E-state index in [1.54, 1.807) is 0 Å². The van der Waals surface area contributed by atoms with Gasteiger partial charge in [-0.15, -0.1) is 11.3 Å². The summed E-state index contributed by atoms with van der Waals surface area (Å²) in [7, 11) is 0. The zero-order chi connectivity index (χ0) is 12.3. The molecule has 0 atom stereocenters. The van der Waals surface area contributed by atoms with Gasteiger partial charge in [0.05, 0.1) is 19.8 Å². The number of rotatable bonds is 10. The Hall–Kier alpha value is -0.420. The first-order chi connectivity index (χ1) is 8.36. The van der Waals surface area contributed by atoms with Gasteiger partial charge in [-0.25, -0.2) is 0 Å². The van der Waals surface area contributed by atoms with E-state index >= 15 is 0 Å². The summed E-state index contributed by atoms with van der Waals surface area (Å²) in [6.07, 6.45) is 1.07. The molecule has 0 aromatic carbocycles. The molecule has 1 aromatic rings. The van der Waals surface area contributed by atoms with Gasteiger partial charge in [0.2, 0.25) is 0 Å². The zero-order valence-corrected chi connectivity index (χ0v) is 11.6. The largest absolute Gasteiger partial charge is 0.379 e. The van der Waals surface area contributed by atoms with Crippen molar-refractivity contribution in [1.29, 1.82) is 0 Å². The molecule has 1 heterocycles. The smallest absolute Gasteiger partial charge is 0.0810 e. The summed E-state index contributed by atoms with van der Waals surface area (Å²) in [4.78, 5) is 2.65. The van der Waals surface area contributed by atoms with E-state index in [-0.39, 0.29) is 0 Å². The lowest BCUT2D eigenvalue weighted by atomic mass is 10.4. The number of hydrogen-bond donors (Lipinski definition) is 1. The molecule has 17 heavy (non-hydrogen) atoms. The minimum Gasteiger partial charge on any atom is -0.379 e. The van der Waals surface area contributed by atoms with Crippen molar-refractivity contribution in [3.05, 3.63) is 21.9 Å². The second kappa shape index (κ2) is 9.59. The van der Waals surface area contributed by atoms with Crippen molar-refractivity contribution in [2.45, 2.75) is 33.4 Å². The predicted molar refractivity (Wildman–Crippen MR) is 72.5 cm³/mol. The fourth-order valence-corrected chi connectivity index (χ4v) is 2.31. The third kappa shape index (κ3) is 6.78. The molecule has 0 amide bonds. The van der Waals surface area contributed by atoms with Crippen molar-refractivity contribution in [3.8, 4) is 0 Å². The Labute approximate surface area is 108 Å². The monoisotopic (exact) mass is 257 g/mol. The fourth-order valence-electron chi connectivity index (χ4n) is 1.38. The van der Waals surface area contributed by atoms with E-state index < -0.39 is 0 Å². The second-order valence-corrected chi connectivity index (χ2v) is 5.07. The maximum atomic E-state index is 5.55. The minimum absolute atomic E-state index is 0.681. The topological polar surface area (TPSA) is 30.5 Å². The lowest BCUT2D eigenvalue weighted by Crippen LogP contribution is -2.10. The molecule has 0 aliphatic rings. The molecule has 0 bridgehead atoms. The molecular formula is C13H23NO2S. The maximum Gasteiger partial charge on any atom is 0.0810 e. The fraction of sp³-hybridized carbons (Fsp3) is 0.692. The molecule has 0 fully saturated rings. The van der Waals surface area contributed by atoms with Crippen LogP contribution in [0.1, 0.15) is 30.0 Å². The van der Waals surface area contributed by atoms with Gasteiger partial charge in [0.1, 0.15) is 0 Å². The van der Waals surface area contributed by atoms with Crippen LogP contribution in [0.25, 0.3) is 0 Å². The average Bonchev–Trinajstić information content (AvgIpc) is 2.79. The summed E-state index contributed by atoms with van der Waals surface area (Å²) >= 11 is 1.81. The summed E-state index contributed by atoms with van der Waals surface area (Å²) in [5.74, 6) is 0. The number of nitrogens with one attached hydrogen (secondary N) is 1. The van der Waals surface area contributed by atoms with Crippen molar-refractivity contribution in [2.24, 2.45) is 0 Å². The van der Waals surface area contributed by atoms with Gasteiger partial charge in [-0.05, 0) is 25.1 Å². The van der Waals surface area contributed by atoms with E-state index in [9.17, 15) is 0 Å².